The molecule has 1 atom stereocenters. The van der Waals surface area contributed by atoms with E-state index in [9.17, 15) is 14.7 Å². The maximum absolute atomic E-state index is 12.4. The fourth-order valence-corrected chi connectivity index (χ4v) is 10.2. The number of allylic oxidation sites excluding steroid dienone is 22. The molecule has 0 aromatic heterocycles. The van der Waals surface area contributed by atoms with Crippen LogP contribution in [0.2, 0.25) is 0 Å². The minimum Gasteiger partial charge on any atom is -0.462 e. The van der Waals surface area contributed by atoms with Crippen LogP contribution in [-0.4, -0.2) is 36.4 Å². The fraction of sp³-hybridized carbons (Fsp3) is 0.696. The van der Waals surface area contributed by atoms with Crippen molar-refractivity contribution < 1.29 is 24.2 Å². The van der Waals surface area contributed by atoms with Crippen LogP contribution in [0.15, 0.2) is 134 Å². The highest BCUT2D eigenvalue weighted by Gasteiger charge is 2.16. The summed E-state index contributed by atoms with van der Waals surface area (Å²) in [6.45, 7) is 3.94. The average Bonchev–Trinajstić information content (AvgIpc) is 3.51. The zero-order valence-electron chi connectivity index (χ0n) is 55.1. The Labute approximate surface area is 521 Å². The number of hydrogen-bond acceptors (Lipinski definition) is 5. The van der Waals surface area contributed by atoms with E-state index in [1.165, 1.54) is 199 Å². The monoisotopic (exact) mass is 1160 g/mol. The van der Waals surface area contributed by atoms with Crippen LogP contribution < -0.4 is 0 Å². The van der Waals surface area contributed by atoms with Crippen LogP contribution in [0.5, 0.6) is 0 Å². The summed E-state index contributed by atoms with van der Waals surface area (Å²) in [6.07, 6.45) is 109. The van der Waals surface area contributed by atoms with Crippen LogP contribution in [0.4, 0.5) is 0 Å². The summed E-state index contributed by atoms with van der Waals surface area (Å²) >= 11 is 0. The van der Waals surface area contributed by atoms with Gasteiger partial charge in [-0.15, -0.1) is 0 Å². The van der Waals surface area contributed by atoms with E-state index in [-0.39, 0.29) is 25.2 Å². The number of aliphatic hydroxyl groups excluding tert-OH is 1. The quantitative estimate of drug-likeness (QED) is 0.0373. The molecule has 0 fully saturated rings. The molecule has 480 valence electrons. The van der Waals surface area contributed by atoms with Gasteiger partial charge in [-0.1, -0.05) is 347 Å². The topological polar surface area (TPSA) is 72.8 Å². The van der Waals surface area contributed by atoms with Gasteiger partial charge in [-0.25, -0.2) is 0 Å². The van der Waals surface area contributed by atoms with E-state index in [1.807, 2.05) is 0 Å². The van der Waals surface area contributed by atoms with Crippen molar-refractivity contribution in [3.8, 4) is 0 Å². The molecule has 1 N–H and O–H groups in total. The second kappa shape index (κ2) is 73.3. The third kappa shape index (κ3) is 70.5. The summed E-state index contributed by atoms with van der Waals surface area (Å²) < 4.78 is 10.8. The van der Waals surface area contributed by atoms with Gasteiger partial charge in [-0.05, 0) is 109 Å². The first-order valence-corrected chi connectivity index (χ1v) is 35.7. The lowest BCUT2D eigenvalue weighted by atomic mass is 10.0. The summed E-state index contributed by atoms with van der Waals surface area (Å²) in [5.41, 5.74) is 0. The highest BCUT2D eigenvalue weighted by molar-refractivity contribution is 5.70. The lowest BCUT2D eigenvalue weighted by molar-refractivity contribution is -0.161. The summed E-state index contributed by atoms with van der Waals surface area (Å²) in [5.74, 6) is -0.580. The van der Waals surface area contributed by atoms with Crippen LogP contribution in [-0.2, 0) is 19.1 Å². The largest absolute Gasteiger partial charge is 0.462 e. The highest BCUT2D eigenvalue weighted by Crippen LogP contribution is 2.18. The van der Waals surface area contributed by atoms with Crippen molar-refractivity contribution in [2.75, 3.05) is 13.2 Å². The molecule has 0 aromatic carbocycles. The van der Waals surface area contributed by atoms with Gasteiger partial charge in [0.05, 0.1) is 6.61 Å². The van der Waals surface area contributed by atoms with E-state index in [2.05, 4.69) is 148 Å². The Morgan fingerprint density at radius 3 is 0.714 bits per heavy atom. The van der Waals surface area contributed by atoms with Gasteiger partial charge in [0.15, 0.2) is 6.10 Å². The molecule has 0 radical (unpaired) electrons. The normalized spacial score (nSPS) is 13.0. The third-order valence-electron chi connectivity index (χ3n) is 15.4. The number of carbonyl (C=O) groups is 2. The summed E-state index contributed by atoms with van der Waals surface area (Å²) in [7, 11) is 0. The standard InChI is InChI=1S/C79H134O5/c1-3-5-7-9-11-13-15-17-19-21-23-25-27-29-31-33-35-36-37-38-39-40-41-42-44-46-48-50-52-54-56-58-60-62-64-66-68-70-72-74-79(82)84-77(75-80)76-83-78(81)73-71-69-67-65-63-61-59-57-55-53-51-49-47-45-43-34-32-30-28-26-24-22-20-18-16-14-12-10-8-6-4-2/h5-8,11-14,17-20,23-26,29,31,35-36,38-39,77,80H,3-4,9-10,15-16,21-22,27-28,30,32-34,37,40-76H2,1-2H3/b7-5-,8-6-,13-11-,14-12-,19-17-,20-18-,25-23-,26-24-,31-29-,36-35-,39-38-. The Morgan fingerprint density at radius 2 is 0.476 bits per heavy atom. The second-order valence-electron chi connectivity index (χ2n) is 23.6. The zero-order valence-corrected chi connectivity index (χ0v) is 55.1. The van der Waals surface area contributed by atoms with Crippen molar-refractivity contribution in [2.45, 2.75) is 341 Å². The van der Waals surface area contributed by atoms with Crippen LogP contribution in [0.25, 0.3) is 0 Å². The van der Waals surface area contributed by atoms with Gasteiger partial charge in [0, 0.05) is 12.8 Å². The van der Waals surface area contributed by atoms with Crippen molar-refractivity contribution in [2.24, 2.45) is 0 Å². The molecule has 84 heavy (non-hydrogen) atoms. The van der Waals surface area contributed by atoms with Gasteiger partial charge in [-0.2, -0.15) is 0 Å². The lowest BCUT2D eigenvalue weighted by Gasteiger charge is -2.15. The van der Waals surface area contributed by atoms with Gasteiger partial charge < -0.3 is 14.6 Å². The van der Waals surface area contributed by atoms with Gasteiger partial charge in [-0.3, -0.25) is 9.59 Å². The predicted molar refractivity (Wildman–Crippen MR) is 371 cm³/mol. The Bertz CT molecular complexity index is 1700. The van der Waals surface area contributed by atoms with Crippen molar-refractivity contribution in [3.05, 3.63) is 134 Å². The molecule has 0 saturated carbocycles. The molecular weight excluding hydrogens is 1030 g/mol. The van der Waals surface area contributed by atoms with Gasteiger partial charge in [0.1, 0.15) is 6.61 Å². The second-order valence-corrected chi connectivity index (χ2v) is 23.6. The maximum atomic E-state index is 12.4. The smallest absolute Gasteiger partial charge is 0.306 e. The van der Waals surface area contributed by atoms with E-state index in [0.29, 0.717) is 12.8 Å². The molecule has 0 aliphatic heterocycles. The highest BCUT2D eigenvalue weighted by atomic mass is 16.6. The minimum atomic E-state index is -0.778. The van der Waals surface area contributed by atoms with Crippen molar-refractivity contribution in [3.63, 3.8) is 0 Å². The first kappa shape index (κ1) is 80.0. The molecule has 0 spiro atoms. The molecule has 5 nitrogen and oxygen atoms in total. The molecule has 0 amide bonds. The van der Waals surface area contributed by atoms with Crippen molar-refractivity contribution in [1.82, 2.24) is 0 Å². The third-order valence-corrected chi connectivity index (χ3v) is 15.4. The fourth-order valence-electron chi connectivity index (χ4n) is 10.2. The van der Waals surface area contributed by atoms with E-state index >= 15 is 0 Å². The number of ether oxygens (including phenoxy) is 2. The van der Waals surface area contributed by atoms with Gasteiger partial charge >= 0.3 is 11.9 Å². The number of unbranched alkanes of at least 4 members (excludes halogenated alkanes) is 35. The molecule has 5 heteroatoms. The molecule has 0 heterocycles. The zero-order chi connectivity index (χ0) is 60.5. The van der Waals surface area contributed by atoms with Crippen molar-refractivity contribution >= 4 is 11.9 Å². The van der Waals surface area contributed by atoms with Crippen LogP contribution in [0, 0.1) is 0 Å². The maximum Gasteiger partial charge on any atom is 0.306 e. The molecule has 0 aliphatic rings. The molecule has 0 aliphatic carbocycles. The summed E-state index contributed by atoms with van der Waals surface area (Å²) in [4.78, 5) is 24.7. The molecule has 0 aromatic rings. The summed E-state index contributed by atoms with van der Waals surface area (Å²) in [6, 6.07) is 0. The molecule has 0 saturated heterocycles. The SMILES string of the molecule is CC/C=C\C/C=C\C/C=C\C/C=C\C/C=C\C/C=C\C/C=C\CCCCCCCCCCCCCCCCCCCC(=O)OC(CO)COC(=O)CCCCCCCCCCCCCCCCCCCC/C=C\C/C=C\C/C=C\C/C=C\CC. The average molecular weight is 1160 g/mol. The number of aliphatic hydroxyl groups is 1. The minimum absolute atomic E-state index is 0.0670. The lowest BCUT2D eigenvalue weighted by Crippen LogP contribution is -2.28. The van der Waals surface area contributed by atoms with E-state index in [1.54, 1.807) is 0 Å². The van der Waals surface area contributed by atoms with Gasteiger partial charge in [0.2, 0.25) is 0 Å². The Hall–Kier alpha value is -3.96. The number of rotatable bonds is 65. The first-order valence-electron chi connectivity index (χ1n) is 35.7. The van der Waals surface area contributed by atoms with Crippen LogP contribution in [0.3, 0.4) is 0 Å². The molecule has 1 unspecified atom stereocenters. The van der Waals surface area contributed by atoms with E-state index < -0.39 is 6.10 Å². The van der Waals surface area contributed by atoms with Gasteiger partial charge in [0.25, 0.3) is 0 Å². The molecule has 0 bridgehead atoms. The van der Waals surface area contributed by atoms with E-state index in [4.69, 9.17) is 9.47 Å². The molecule has 0 rings (SSSR count). The Kier molecular flexibility index (Phi) is 69.8. The van der Waals surface area contributed by atoms with Crippen LogP contribution in [0.1, 0.15) is 335 Å². The molecular formula is C79H134O5. The number of carbonyl (C=O) groups excluding carboxylic acids is 2. The Morgan fingerprint density at radius 1 is 0.274 bits per heavy atom. The Balaban J connectivity index is 3.46. The van der Waals surface area contributed by atoms with E-state index in [0.717, 1.165) is 109 Å². The predicted octanol–water partition coefficient (Wildman–Crippen LogP) is 25.1. The number of esters is 2. The van der Waals surface area contributed by atoms with Crippen LogP contribution >= 0.6 is 0 Å². The van der Waals surface area contributed by atoms with Crippen molar-refractivity contribution in [1.29, 1.82) is 0 Å². The first-order chi connectivity index (χ1) is 41.6. The summed E-state index contributed by atoms with van der Waals surface area (Å²) in [5, 5.41) is 9.71. The number of hydrogen-bond donors (Lipinski definition) is 1.